The van der Waals surface area contributed by atoms with E-state index in [2.05, 4.69) is 0 Å². The molecule has 0 radical (unpaired) electrons. The van der Waals surface area contributed by atoms with Crippen LogP contribution in [0.25, 0.3) is 0 Å². The van der Waals surface area contributed by atoms with Crippen LogP contribution in [0.15, 0.2) is 4.99 Å². The van der Waals surface area contributed by atoms with Crippen molar-refractivity contribution in [1.82, 2.24) is 0 Å². The van der Waals surface area contributed by atoms with Crippen molar-refractivity contribution in [3.63, 3.8) is 0 Å². The highest BCUT2D eigenvalue weighted by Gasteiger charge is 2.29. The standard InChI is InChI=1S/C6H6F3NO2/c1-3(11)5(4(2)12)10-6(7,8)9/h1-2H3. The summed E-state index contributed by atoms with van der Waals surface area (Å²) in [6, 6.07) is 0. The quantitative estimate of drug-likeness (QED) is 0.364. The van der Waals surface area contributed by atoms with E-state index in [1.54, 1.807) is 0 Å². The van der Waals surface area contributed by atoms with Crippen LogP contribution in [0, 0.1) is 0 Å². The first-order valence-corrected chi connectivity index (χ1v) is 2.92. The highest BCUT2D eigenvalue weighted by molar-refractivity contribution is 6.65. The number of halogens is 3. The van der Waals surface area contributed by atoms with Gasteiger partial charge < -0.3 is 0 Å². The van der Waals surface area contributed by atoms with Gasteiger partial charge in [-0.3, -0.25) is 9.59 Å². The van der Waals surface area contributed by atoms with Gasteiger partial charge >= 0.3 is 6.30 Å². The molecule has 0 unspecified atom stereocenters. The van der Waals surface area contributed by atoms with Crippen LogP contribution in [0.4, 0.5) is 13.2 Å². The fourth-order valence-corrected chi connectivity index (χ4v) is 0.532. The summed E-state index contributed by atoms with van der Waals surface area (Å²) >= 11 is 0. The molecule has 0 bridgehead atoms. The van der Waals surface area contributed by atoms with Crippen molar-refractivity contribution < 1.29 is 22.8 Å². The van der Waals surface area contributed by atoms with Crippen LogP contribution >= 0.6 is 0 Å². The Hall–Kier alpha value is -1.20. The minimum atomic E-state index is -4.87. The molecule has 0 saturated carbocycles. The lowest BCUT2D eigenvalue weighted by molar-refractivity contribution is -0.125. The summed E-state index contributed by atoms with van der Waals surface area (Å²) in [6.07, 6.45) is -4.87. The fourth-order valence-electron chi connectivity index (χ4n) is 0.532. The molecule has 0 amide bonds. The number of hydrogen-bond donors (Lipinski definition) is 0. The maximum absolute atomic E-state index is 11.5. The van der Waals surface area contributed by atoms with Gasteiger partial charge in [-0.15, -0.1) is 13.2 Å². The molecule has 0 heterocycles. The van der Waals surface area contributed by atoms with E-state index in [-0.39, 0.29) is 0 Å². The number of nitrogens with zero attached hydrogens (tertiary/aromatic N) is 1. The van der Waals surface area contributed by atoms with E-state index in [0.29, 0.717) is 0 Å². The monoisotopic (exact) mass is 181 g/mol. The van der Waals surface area contributed by atoms with Crippen molar-refractivity contribution in [3.05, 3.63) is 0 Å². The Morgan fingerprint density at radius 2 is 1.42 bits per heavy atom. The van der Waals surface area contributed by atoms with Gasteiger partial charge in [0.15, 0.2) is 17.3 Å². The van der Waals surface area contributed by atoms with Crippen molar-refractivity contribution in [2.75, 3.05) is 0 Å². The van der Waals surface area contributed by atoms with Gasteiger partial charge in [-0.05, 0) is 0 Å². The van der Waals surface area contributed by atoms with Gasteiger partial charge in [-0.1, -0.05) is 0 Å². The van der Waals surface area contributed by atoms with E-state index in [9.17, 15) is 22.8 Å². The SMILES string of the molecule is CC(=O)C(=NC(F)(F)F)C(C)=O. The molecule has 6 heteroatoms. The third kappa shape index (κ3) is 3.85. The minimum absolute atomic E-state index is 0.853. The van der Waals surface area contributed by atoms with Crippen molar-refractivity contribution in [2.24, 2.45) is 4.99 Å². The second kappa shape index (κ2) is 3.46. The molecule has 68 valence electrons. The number of Topliss-reactive ketones (excluding diaryl/α,β-unsaturated/α-hetero) is 2. The molecule has 12 heavy (non-hydrogen) atoms. The summed E-state index contributed by atoms with van der Waals surface area (Å²) in [6.45, 7) is 1.71. The van der Waals surface area contributed by atoms with Crippen molar-refractivity contribution >= 4 is 17.3 Å². The predicted molar refractivity (Wildman–Crippen MR) is 34.9 cm³/mol. The van der Waals surface area contributed by atoms with E-state index >= 15 is 0 Å². The molecule has 0 fully saturated rings. The van der Waals surface area contributed by atoms with Gasteiger partial charge in [0.1, 0.15) is 0 Å². The lowest BCUT2D eigenvalue weighted by Crippen LogP contribution is -2.22. The van der Waals surface area contributed by atoms with Crippen LogP contribution < -0.4 is 0 Å². The van der Waals surface area contributed by atoms with Crippen LogP contribution in [-0.2, 0) is 9.59 Å². The number of alkyl halides is 3. The molecule has 3 nitrogen and oxygen atoms in total. The summed E-state index contributed by atoms with van der Waals surface area (Å²) in [5, 5.41) is 0. The molecule has 0 aromatic heterocycles. The first-order valence-electron chi connectivity index (χ1n) is 2.92. The molecule has 0 N–H and O–H groups in total. The van der Waals surface area contributed by atoms with Crippen LogP contribution in [0.5, 0.6) is 0 Å². The van der Waals surface area contributed by atoms with Gasteiger partial charge in [0.05, 0.1) is 0 Å². The highest BCUT2D eigenvalue weighted by atomic mass is 19.4. The smallest absolute Gasteiger partial charge is 0.293 e. The number of hydrogen-bond acceptors (Lipinski definition) is 3. The van der Waals surface area contributed by atoms with Crippen molar-refractivity contribution in [3.8, 4) is 0 Å². The Balaban J connectivity index is 4.88. The van der Waals surface area contributed by atoms with Crippen LogP contribution in [0.1, 0.15) is 13.8 Å². The second-order valence-electron chi connectivity index (χ2n) is 2.04. The molecule has 0 aliphatic rings. The Bertz CT molecular complexity index is 226. The maximum atomic E-state index is 11.5. The first-order chi connectivity index (χ1) is 5.24. The van der Waals surface area contributed by atoms with E-state index in [1.165, 1.54) is 0 Å². The molecule has 0 rings (SSSR count). The molecule has 0 aromatic rings. The Morgan fingerprint density at radius 1 is 1.08 bits per heavy atom. The molecule has 0 spiro atoms. The number of rotatable bonds is 2. The Kier molecular flexibility index (Phi) is 3.12. The van der Waals surface area contributed by atoms with Gasteiger partial charge in [-0.2, -0.15) is 4.99 Å². The molecule has 0 atom stereocenters. The first kappa shape index (κ1) is 10.8. The summed E-state index contributed by atoms with van der Waals surface area (Å²) in [5.41, 5.74) is -1.07. The Labute approximate surface area is 66.3 Å². The summed E-state index contributed by atoms with van der Waals surface area (Å²) in [5.74, 6) is -1.97. The van der Waals surface area contributed by atoms with Crippen LogP contribution in [0.2, 0.25) is 0 Å². The zero-order chi connectivity index (χ0) is 9.94. The van der Waals surface area contributed by atoms with Crippen LogP contribution in [-0.4, -0.2) is 23.6 Å². The Morgan fingerprint density at radius 3 is 1.50 bits per heavy atom. The number of aliphatic imine (C=N–C) groups is 1. The summed E-state index contributed by atoms with van der Waals surface area (Å²) in [7, 11) is 0. The zero-order valence-corrected chi connectivity index (χ0v) is 6.40. The van der Waals surface area contributed by atoms with Crippen molar-refractivity contribution in [2.45, 2.75) is 20.1 Å². The fraction of sp³-hybridized carbons (Fsp3) is 0.500. The second-order valence-corrected chi connectivity index (χ2v) is 2.04. The third-order valence-electron chi connectivity index (χ3n) is 0.906. The number of carbonyl (C=O) groups excluding carboxylic acids is 2. The zero-order valence-electron chi connectivity index (χ0n) is 6.40. The number of ketones is 2. The molecule has 0 aliphatic heterocycles. The minimum Gasteiger partial charge on any atom is -0.293 e. The van der Waals surface area contributed by atoms with Crippen LogP contribution in [0.3, 0.4) is 0 Å². The van der Waals surface area contributed by atoms with E-state index in [4.69, 9.17) is 0 Å². The predicted octanol–water partition coefficient (Wildman–Crippen LogP) is 1.13. The highest BCUT2D eigenvalue weighted by Crippen LogP contribution is 2.16. The average molecular weight is 181 g/mol. The summed E-state index contributed by atoms with van der Waals surface area (Å²) < 4.78 is 34.6. The molecular formula is C6H6F3NO2. The topological polar surface area (TPSA) is 46.5 Å². The maximum Gasteiger partial charge on any atom is 0.503 e. The third-order valence-corrected chi connectivity index (χ3v) is 0.906. The lowest BCUT2D eigenvalue weighted by Gasteiger charge is -2.00. The van der Waals surface area contributed by atoms with E-state index in [1.807, 2.05) is 4.99 Å². The normalized spacial score (nSPS) is 10.8. The summed E-state index contributed by atoms with van der Waals surface area (Å²) in [4.78, 5) is 22.8. The molecule has 0 aliphatic carbocycles. The molecule has 0 aromatic carbocycles. The van der Waals surface area contributed by atoms with Gasteiger partial charge in [0.25, 0.3) is 0 Å². The molecule has 0 saturated heterocycles. The van der Waals surface area contributed by atoms with E-state index < -0.39 is 23.6 Å². The van der Waals surface area contributed by atoms with Gasteiger partial charge in [0, 0.05) is 13.8 Å². The average Bonchev–Trinajstić information content (AvgIpc) is 1.79. The largest absolute Gasteiger partial charge is 0.503 e. The van der Waals surface area contributed by atoms with Gasteiger partial charge in [-0.25, -0.2) is 0 Å². The lowest BCUT2D eigenvalue weighted by atomic mass is 10.2. The van der Waals surface area contributed by atoms with Crippen molar-refractivity contribution in [1.29, 1.82) is 0 Å². The number of carbonyl (C=O) groups is 2. The van der Waals surface area contributed by atoms with E-state index in [0.717, 1.165) is 13.8 Å². The molecular weight excluding hydrogens is 175 g/mol. The van der Waals surface area contributed by atoms with Gasteiger partial charge in [0.2, 0.25) is 0 Å².